The lowest BCUT2D eigenvalue weighted by Crippen LogP contribution is -2.63. The van der Waals surface area contributed by atoms with Gasteiger partial charge in [0.2, 0.25) is 17.6 Å². The summed E-state index contributed by atoms with van der Waals surface area (Å²) in [6, 6.07) is -4.24. The molecule has 51 heavy (non-hydrogen) atoms. The van der Waals surface area contributed by atoms with Gasteiger partial charge >= 0.3 is 12.1 Å². The molecule has 0 aromatic rings. The van der Waals surface area contributed by atoms with Crippen LogP contribution in [0.1, 0.15) is 114 Å². The minimum atomic E-state index is -1.14. The van der Waals surface area contributed by atoms with Gasteiger partial charge in [-0.2, -0.15) is 0 Å². The number of ether oxygens (including phenoxy) is 1. The molecule has 2 aliphatic carbocycles. The maximum absolute atomic E-state index is 14.8. The van der Waals surface area contributed by atoms with E-state index in [4.69, 9.17) is 11.2 Å². The number of Topliss-reactive ketones (excluding diaryl/α,β-unsaturated/α-hetero) is 1. The maximum Gasteiger partial charge on any atom is 0.407 e. The molecule has 0 spiro atoms. The molecule has 6 atom stereocenters. The number of urea groups is 1. The molecule has 5 N–H and O–H groups in total. The smallest absolute Gasteiger partial charge is 0.407 e. The second kappa shape index (κ2) is 17.1. The van der Waals surface area contributed by atoms with Gasteiger partial charge in [0.25, 0.3) is 5.91 Å². The third kappa shape index (κ3) is 10.4. The molecular weight excluding hydrogens is 652 g/mol. The fourth-order valence-electron chi connectivity index (χ4n) is 7.67. The molecule has 13 nitrogen and oxygen atoms in total. The zero-order valence-corrected chi connectivity index (χ0v) is 32.2. The molecule has 1 aliphatic heterocycles. The molecule has 0 aromatic carbocycles. The molecule has 1 unspecified atom stereocenters. The van der Waals surface area contributed by atoms with E-state index >= 15 is 0 Å². The number of hydrogen-bond donors (Lipinski definition) is 5. The Kier molecular flexibility index (Phi) is 14.0. The molecule has 286 valence electrons. The minimum Gasteiger partial charge on any atom is -0.447 e. The first kappa shape index (κ1) is 41.6. The van der Waals surface area contributed by atoms with Crippen molar-refractivity contribution in [2.45, 2.75) is 144 Å². The van der Waals surface area contributed by atoms with Crippen molar-refractivity contribution in [2.75, 3.05) is 19.7 Å². The van der Waals surface area contributed by atoms with Crippen molar-refractivity contribution < 1.29 is 33.5 Å². The quantitative estimate of drug-likeness (QED) is 0.127. The second-order valence-electron chi connectivity index (χ2n) is 16.9. The van der Waals surface area contributed by atoms with Gasteiger partial charge in [0.1, 0.15) is 18.7 Å². The number of nitrogens with zero attached hydrogens (tertiary/aromatic N) is 1. The van der Waals surface area contributed by atoms with Crippen LogP contribution in [0.5, 0.6) is 0 Å². The van der Waals surface area contributed by atoms with Crippen molar-refractivity contribution in [1.82, 2.24) is 31.5 Å². The summed E-state index contributed by atoms with van der Waals surface area (Å²) in [6.07, 6.45) is 10.0. The predicted octanol–water partition coefficient (Wildman–Crippen LogP) is 3.65. The van der Waals surface area contributed by atoms with Crippen molar-refractivity contribution >= 4 is 35.6 Å². The maximum atomic E-state index is 14.8. The molecule has 3 fully saturated rings. The molecule has 0 radical (unpaired) electrons. The van der Waals surface area contributed by atoms with Gasteiger partial charge in [-0.25, -0.2) is 9.59 Å². The Balaban J connectivity index is 1.88. The number of ketones is 1. The largest absolute Gasteiger partial charge is 0.447 e. The molecule has 0 bridgehead atoms. The highest BCUT2D eigenvalue weighted by atomic mass is 16.5. The van der Waals surface area contributed by atoms with E-state index in [0.29, 0.717) is 32.4 Å². The van der Waals surface area contributed by atoms with E-state index in [1.807, 2.05) is 48.5 Å². The van der Waals surface area contributed by atoms with Crippen molar-refractivity contribution in [1.29, 1.82) is 0 Å². The zero-order chi connectivity index (χ0) is 38.3. The predicted molar refractivity (Wildman–Crippen MR) is 194 cm³/mol. The number of fused-ring (bicyclic) bond motifs is 1. The minimum absolute atomic E-state index is 0.0537. The first-order valence-electron chi connectivity index (χ1n) is 18.6. The molecule has 1 saturated heterocycles. The number of alkyl carbamates (subject to hydrolysis) is 1. The summed E-state index contributed by atoms with van der Waals surface area (Å²) in [5.41, 5.74) is -1.29. The number of nitrogens with one attached hydrogen (secondary N) is 5. The number of amides is 6. The van der Waals surface area contributed by atoms with Crippen LogP contribution in [-0.2, 0) is 23.9 Å². The van der Waals surface area contributed by atoms with Crippen LogP contribution in [-0.4, -0.2) is 90.4 Å². The number of carbonyl (C=O) groups is 6. The van der Waals surface area contributed by atoms with Crippen LogP contribution in [0, 0.1) is 40.4 Å². The van der Waals surface area contributed by atoms with Crippen molar-refractivity contribution in [3.05, 3.63) is 0 Å². The summed E-state index contributed by atoms with van der Waals surface area (Å²) in [6.45, 7) is 18.0. The second-order valence-corrected chi connectivity index (χ2v) is 16.9. The van der Waals surface area contributed by atoms with Crippen molar-refractivity contribution in [3.8, 4) is 12.3 Å². The first-order chi connectivity index (χ1) is 23.8. The normalized spacial score (nSPS) is 23.4. The summed E-state index contributed by atoms with van der Waals surface area (Å²) in [5.74, 6) is -0.0643. The van der Waals surface area contributed by atoms with Crippen LogP contribution in [0.4, 0.5) is 9.59 Å². The van der Waals surface area contributed by atoms with Crippen LogP contribution >= 0.6 is 0 Å². The lowest BCUT2D eigenvalue weighted by Gasteiger charge is -2.43. The molecule has 13 heteroatoms. The van der Waals surface area contributed by atoms with Gasteiger partial charge in [-0.05, 0) is 67.6 Å². The molecule has 1 heterocycles. The first-order valence-corrected chi connectivity index (χ1v) is 18.6. The van der Waals surface area contributed by atoms with Gasteiger partial charge in [-0.3, -0.25) is 19.2 Å². The van der Waals surface area contributed by atoms with Crippen LogP contribution in [0.15, 0.2) is 0 Å². The Hall–Kier alpha value is -3.82. The van der Waals surface area contributed by atoms with Crippen LogP contribution in [0.25, 0.3) is 0 Å². The highest BCUT2D eigenvalue weighted by Crippen LogP contribution is 2.65. The highest BCUT2D eigenvalue weighted by Gasteiger charge is 2.70. The van der Waals surface area contributed by atoms with Crippen molar-refractivity contribution in [3.63, 3.8) is 0 Å². The average Bonchev–Trinajstić information content (AvgIpc) is 3.35. The summed E-state index contributed by atoms with van der Waals surface area (Å²) in [4.78, 5) is 82.3. The van der Waals surface area contributed by atoms with Crippen LogP contribution in [0.3, 0.4) is 0 Å². The number of likely N-dealkylation sites (tertiary alicyclic amines) is 1. The Labute approximate surface area is 304 Å². The Morgan fingerprint density at radius 3 is 2.18 bits per heavy atom. The number of carbonyl (C=O) groups excluding carboxylic acids is 6. The average molecular weight is 715 g/mol. The number of hydrogen-bond acceptors (Lipinski definition) is 7. The van der Waals surface area contributed by atoms with Gasteiger partial charge in [0.05, 0.1) is 12.1 Å². The van der Waals surface area contributed by atoms with Gasteiger partial charge in [-0.15, -0.1) is 12.3 Å². The third-order valence-corrected chi connectivity index (χ3v) is 11.1. The monoisotopic (exact) mass is 714 g/mol. The topological polar surface area (TPSA) is 175 Å². The number of rotatable bonds is 15. The van der Waals surface area contributed by atoms with Gasteiger partial charge < -0.3 is 36.2 Å². The molecular formula is C38H62N6O7. The SMILES string of the molecule is C#CCCC(NC(=O)[C@@H]1[C@@H]2[C@H](CN1C(=O)[C@@H](NC(=O)N[C@H](COC(=O)NC(C)C)C(C)(C)C)C1(C)CCCCC1)C2(C)C)C(=O)C(=O)NCCC. The van der Waals surface area contributed by atoms with E-state index in [1.165, 1.54) is 0 Å². The Morgan fingerprint density at radius 1 is 0.961 bits per heavy atom. The molecule has 2 saturated carbocycles. The van der Waals surface area contributed by atoms with E-state index in [9.17, 15) is 28.8 Å². The van der Waals surface area contributed by atoms with Gasteiger partial charge in [-0.1, -0.05) is 67.7 Å². The summed E-state index contributed by atoms with van der Waals surface area (Å²) < 4.78 is 5.42. The van der Waals surface area contributed by atoms with Gasteiger partial charge in [0, 0.05) is 25.6 Å². The standard InChI is InChI=1S/C38H62N6O7/c1-11-13-17-25(29(45)32(47)39-20-12-2)41-31(46)28-27-24(37(27,8)9)21-44(28)33(48)30(38(10)18-15-14-16-19-38)43-34(49)42-26(36(5,6)7)22-51-35(50)40-23(3)4/h1,23-28,30H,12-22H2,2-10H3,(H,39,47)(H,40,50)(H,41,46)(H2,42,43,49)/t24-,25?,26+,27-,28-,30+/m0/s1. The highest BCUT2D eigenvalue weighted by molar-refractivity contribution is 6.38. The summed E-state index contributed by atoms with van der Waals surface area (Å²) in [7, 11) is 0. The fraction of sp³-hybridized carbons (Fsp3) is 0.789. The molecule has 3 rings (SSSR count). The molecule has 3 aliphatic rings. The summed E-state index contributed by atoms with van der Waals surface area (Å²) >= 11 is 0. The molecule has 6 amide bonds. The lowest BCUT2D eigenvalue weighted by molar-refractivity contribution is -0.146. The van der Waals surface area contributed by atoms with E-state index in [2.05, 4.69) is 46.4 Å². The number of piperidine rings is 1. The van der Waals surface area contributed by atoms with Crippen molar-refractivity contribution in [2.24, 2.45) is 28.1 Å². The van der Waals surface area contributed by atoms with E-state index in [1.54, 1.807) is 4.90 Å². The van der Waals surface area contributed by atoms with E-state index in [-0.39, 0.29) is 48.6 Å². The Morgan fingerprint density at radius 2 is 1.61 bits per heavy atom. The molecule has 0 aromatic heterocycles. The van der Waals surface area contributed by atoms with Crippen LogP contribution < -0.4 is 26.6 Å². The lowest BCUT2D eigenvalue weighted by atomic mass is 9.70. The van der Waals surface area contributed by atoms with Crippen LogP contribution in [0.2, 0.25) is 0 Å². The summed E-state index contributed by atoms with van der Waals surface area (Å²) in [5, 5.41) is 14.0. The van der Waals surface area contributed by atoms with E-state index < -0.39 is 64.7 Å². The zero-order valence-electron chi connectivity index (χ0n) is 32.2. The fourth-order valence-corrected chi connectivity index (χ4v) is 7.67. The van der Waals surface area contributed by atoms with E-state index in [0.717, 1.165) is 19.3 Å². The number of terminal acetylenes is 1. The van der Waals surface area contributed by atoms with Gasteiger partial charge in [0.15, 0.2) is 0 Å². The Bertz CT molecular complexity index is 1340. The third-order valence-electron chi connectivity index (χ3n) is 11.1.